The van der Waals surface area contributed by atoms with Crippen LogP contribution in [0.1, 0.15) is 49.2 Å². The fourth-order valence-corrected chi connectivity index (χ4v) is 4.56. The summed E-state index contributed by atoms with van der Waals surface area (Å²) in [6.45, 7) is 6.41. The Labute approximate surface area is 122 Å². The van der Waals surface area contributed by atoms with E-state index in [2.05, 4.69) is 34.7 Å². The van der Waals surface area contributed by atoms with E-state index in [1.54, 1.807) is 11.3 Å². The zero-order valence-corrected chi connectivity index (χ0v) is 13.4. The molecule has 2 nitrogen and oxygen atoms in total. The maximum atomic E-state index is 12.9. The third-order valence-electron chi connectivity index (χ3n) is 4.13. The van der Waals surface area contributed by atoms with Crippen molar-refractivity contribution in [2.45, 2.75) is 45.1 Å². The minimum atomic E-state index is -0.288. The normalized spacial score (nSPS) is 17.3. The van der Waals surface area contributed by atoms with E-state index in [-0.39, 0.29) is 5.54 Å². The summed E-state index contributed by atoms with van der Waals surface area (Å²) >= 11 is 5.05. The van der Waals surface area contributed by atoms with Crippen LogP contribution >= 0.6 is 27.3 Å². The number of carbonyl (C=O) groups excluding carboxylic acids is 1. The van der Waals surface area contributed by atoms with Crippen molar-refractivity contribution < 1.29 is 4.79 Å². The largest absolute Gasteiger partial charge is 0.291 e. The molecule has 0 unspecified atom stereocenters. The Kier molecular flexibility index (Phi) is 4.62. The SMILES string of the molecule is CCC(CC)(C(=O)c1sccc1Br)N1CCCC1. The summed E-state index contributed by atoms with van der Waals surface area (Å²) in [5.74, 6) is 0.302. The molecule has 2 heterocycles. The number of hydrogen-bond donors (Lipinski definition) is 0. The van der Waals surface area contributed by atoms with Gasteiger partial charge in [-0.2, -0.15) is 0 Å². The van der Waals surface area contributed by atoms with Gasteiger partial charge >= 0.3 is 0 Å². The number of rotatable bonds is 5. The Morgan fingerprint density at radius 3 is 2.44 bits per heavy atom. The number of Topliss-reactive ketones (excluding diaryl/α,β-unsaturated/α-hetero) is 1. The Morgan fingerprint density at radius 1 is 1.39 bits per heavy atom. The second-order valence-corrected chi connectivity index (χ2v) is 6.63. The molecule has 4 heteroatoms. The Hall–Kier alpha value is -0.190. The van der Waals surface area contributed by atoms with Crippen LogP contribution in [0.25, 0.3) is 0 Å². The van der Waals surface area contributed by atoms with Gasteiger partial charge in [0.1, 0.15) is 0 Å². The molecule has 0 aromatic carbocycles. The van der Waals surface area contributed by atoms with Gasteiger partial charge in [-0.15, -0.1) is 11.3 Å². The summed E-state index contributed by atoms with van der Waals surface area (Å²) in [5, 5.41) is 1.98. The van der Waals surface area contributed by atoms with E-state index in [0.29, 0.717) is 5.78 Å². The topological polar surface area (TPSA) is 20.3 Å². The lowest BCUT2D eigenvalue weighted by molar-refractivity contribution is 0.0585. The van der Waals surface area contributed by atoms with E-state index in [1.165, 1.54) is 12.8 Å². The van der Waals surface area contributed by atoms with Crippen molar-refractivity contribution in [1.29, 1.82) is 0 Å². The second kappa shape index (κ2) is 5.85. The van der Waals surface area contributed by atoms with Crippen molar-refractivity contribution in [3.8, 4) is 0 Å². The van der Waals surface area contributed by atoms with Crippen LogP contribution in [0.4, 0.5) is 0 Å². The van der Waals surface area contributed by atoms with Crippen molar-refractivity contribution in [2.24, 2.45) is 0 Å². The molecule has 2 rings (SSSR count). The molecule has 1 aromatic heterocycles. The molecule has 0 spiro atoms. The van der Waals surface area contributed by atoms with Gasteiger partial charge in [0.25, 0.3) is 0 Å². The Balaban J connectivity index is 2.35. The molecule has 1 aromatic rings. The molecule has 0 radical (unpaired) electrons. The van der Waals surface area contributed by atoms with Gasteiger partial charge in [0.2, 0.25) is 0 Å². The van der Waals surface area contributed by atoms with E-state index < -0.39 is 0 Å². The number of hydrogen-bond acceptors (Lipinski definition) is 3. The molecule has 0 atom stereocenters. The van der Waals surface area contributed by atoms with Crippen LogP contribution in [0.5, 0.6) is 0 Å². The van der Waals surface area contributed by atoms with Crippen molar-refractivity contribution >= 4 is 33.0 Å². The summed E-state index contributed by atoms with van der Waals surface area (Å²) in [4.78, 5) is 16.2. The van der Waals surface area contributed by atoms with Crippen LogP contribution in [0.3, 0.4) is 0 Å². The molecule has 0 N–H and O–H groups in total. The molecule has 0 amide bonds. The zero-order valence-electron chi connectivity index (χ0n) is 11.0. The lowest BCUT2D eigenvalue weighted by Crippen LogP contribution is -2.52. The van der Waals surface area contributed by atoms with Crippen LogP contribution in [0, 0.1) is 0 Å². The van der Waals surface area contributed by atoms with Crippen LogP contribution in [-0.2, 0) is 0 Å². The lowest BCUT2D eigenvalue weighted by Gasteiger charge is -2.39. The maximum Gasteiger partial charge on any atom is 0.194 e. The molecule has 0 bridgehead atoms. The molecular weight excluding hydrogens is 310 g/mol. The van der Waals surface area contributed by atoms with Crippen LogP contribution in [0.2, 0.25) is 0 Å². The molecule has 0 aliphatic carbocycles. The number of halogens is 1. The molecule has 1 fully saturated rings. The first-order valence-electron chi connectivity index (χ1n) is 6.68. The molecule has 1 aliphatic rings. The molecule has 1 saturated heterocycles. The highest BCUT2D eigenvalue weighted by Gasteiger charge is 2.43. The first kappa shape index (κ1) is 14.2. The maximum absolute atomic E-state index is 12.9. The number of carbonyl (C=O) groups is 1. The van der Waals surface area contributed by atoms with Gasteiger partial charge in [0.05, 0.1) is 10.4 Å². The first-order valence-corrected chi connectivity index (χ1v) is 8.35. The van der Waals surface area contributed by atoms with Crippen molar-refractivity contribution in [1.82, 2.24) is 4.90 Å². The van der Waals surface area contributed by atoms with Crippen molar-refractivity contribution in [2.75, 3.05) is 13.1 Å². The summed E-state index contributed by atoms with van der Waals surface area (Å²) in [7, 11) is 0. The molecular formula is C14H20BrNOS. The smallest absolute Gasteiger partial charge is 0.194 e. The van der Waals surface area contributed by atoms with Gasteiger partial charge in [0, 0.05) is 4.47 Å². The van der Waals surface area contributed by atoms with Crippen molar-refractivity contribution in [3.05, 3.63) is 20.8 Å². The number of thiophene rings is 1. The minimum Gasteiger partial charge on any atom is -0.291 e. The van der Waals surface area contributed by atoms with Crippen LogP contribution in [-0.4, -0.2) is 29.3 Å². The molecule has 100 valence electrons. The van der Waals surface area contributed by atoms with Gasteiger partial charge in [0.15, 0.2) is 5.78 Å². The highest BCUT2D eigenvalue weighted by Crippen LogP contribution is 2.35. The fraction of sp³-hybridized carbons (Fsp3) is 0.643. The summed E-state index contributed by atoms with van der Waals surface area (Å²) in [6, 6.07) is 1.97. The van der Waals surface area contributed by atoms with E-state index in [9.17, 15) is 4.79 Å². The monoisotopic (exact) mass is 329 g/mol. The number of ketones is 1. The van der Waals surface area contributed by atoms with Crippen molar-refractivity contribution in [3.63, 3.8) is 0 Å². The molecule has 0 saturated carbocycles. The van der Waals surface area contributed by atoms with Gasteiger partial charge < -0.3 is 0 Å². The quantitative estimate of drug-likeness (QED) is 0.748. The highest BCUT2D eigenvalue weighted by atomic mass is 79.9. The Bertz CT molecular complexity index is 419. The first-order chi connectivity index (χ1) is 8.65. The predicted octanol–water partition coefficient (Wildman–Crippen LogP) is 4.35. The van der Waals surface area contributed by atoms with Crippen LogP contribution in [0.15, 0.2) is 15.9 Å². The third kappa shape index (κ3) is 2.30. The number of likely N-dealkylation sites (tertiary alicyclic amines) is 1. The molecule has 1 aliphatic heterocycles. The van der Waals surface area contributed by atoms with E-state index >= 15 is 0 Å². The third-order valence-corrected chi connectivity index (χ3v) is 5.96. The number of nitrogens with zero attached hydrogens (tertiary/aromatic N) is 1. The van der Waals surface area contributed by atoms with Gasteiger partial charge in [-0.05, 0) is 66.1 Å². The minimum absolute atomic E-state index is 0.288. The zero-order chi connectivity index (χ0) is 13.2. The molecule has 18 heavy (non-hydrogen) atoms. The average molecular weight is 330 g/mol. The summed E-state index contributed by atoms with van der Waals surface area (Å²) < 4.78 is 0.947. The Morgan fingerprint density at radius 2 is 2.00 bits per heavy atom. The lowest BCUT2D eigenvalue weighted by atomic mass is 9.85. The van der Waals surface area contributed by atoms with Crippen LogP contribution < -0.4 is 0 Å². The second-order valence-electron chi connectivity index (χ2n) is 4.86. The van der Waals surface area contributed by atoms with E-state index in [0.717, 1.165) is 35.3 Å². The summed E-state index contributed by atoms with van der Waals surface area (Å²) in [5.41, 5.74) is -0.288. The van der Waals surface area contributed by atoms with E-state index in [1.807, 2.05) is 11.4 Å². The predicted molar refractivity (Wildman–Crippen MR) is 80.5 cm³/mol. The van der Waals surface area contributed by atoms with Gasteiger partial charge in [-0.25, -0.2) is 0 Å². The van der Waals surface area contributed by atoms with Gasteiger partial charge in [-0.1, -0.05) is 13.8 Å². The standard InChI is InChI=1S/C14H20BrNOS/c1-3-14(4-2,16-8-5-6-9-16)13(17)12-11(15)7-10-18-12/h7,10H,3-6,8-9H2,1-2H3. The highest BCUT2D eigenvalue weighted by molar-refractivity contribution is 9.10. The summed E-state index contributed by atoms with van der Waals surface area (Å²) in [6.07, 6.45) is 4.24. The van der Waals surface area contributed by atoms with Gasteiger partial charge in [-0.3, -0.25) is 9.69 Å². The fourth-order valence-electron chi connectivity index (χ4n) is 2.97. The van der Waals surface area contributed by atoms with E-state index in [4.69, 9.17) is 0 Å². The average Bonchev–Trinajstić information content (AvgIpc) is 3.02.